The molecule has 0 spiro atoms. The Bertz CT molecular complexity index is 881. The van der Waals surface area contributed by atoms with Gasteiger partial charge < -0.3 is 24.2 Å². The van der Waals surface area contributed by atoms with E-state index in [1.165, 1.54) is 18.1 Å². The molecule has 0 radical (unpaired) electrons. The molecular formula is C24H31NO5. The SMILES string of the molecule is CC(=O)Oc1cc2c(c3c1O3)C[C@@H]1[C@@H]3C=C[C@H](OCCCCCO)C[C@]23CCN1C. The van der Waals surface area contributed by atoms with Gasteiger partial charge in [-0.05, 0) is 63.7 Å². The van der Waals surface area contributed by atoms with Gasteiger partial charge in [0.25, 0.3) is 0 Å². The zero-order chi connectivity index (χ0) is 20.9. The molecule has 0 unspecified atom stereocenters. The Morgan fingerprint density at radius 1 is 1.30 bits per heavy atom. The zero-order valence-electron chi connectivity index (χ0n) is 17.9. The lowest BCUT2D eigenvalue weighted by atomic mass is 9.53. The number of fused-ring (bicyclic) bond motifs is 3. The van der Waals surface area contributed by atoms with Crippen LogP contribution in [0.2, 0.25) is 0 Å². The Hall–Kier alpha value is -1.89. The minimum absolute atomic E-state index is 0.00878. The lowest BCUT2D eigenvalue weighted by Gasteiger charge is -2.57. The number of likely N-dealkylation sites (N-methyl/N-ethyl adjacent to an activating group) is 1. The molecule has 0 aromatic heterocycles. The van der Waals surface area contributed by atoms with Gasteiger partial charge in [-0.25, -0.2) is 0 Å². The van der Waals surface area contributed by atoms with E-state index in [4.69, 9.17) is 19.3 Å². The summed E-state index contributed by atoms with van der Waals surface area (Å²) in [6, 6.07) is 2.54. The minimum Gasteiger partial charge on any atom is -0.445 e. The topological polar surface area (TPSA) is 71.5 Å². The molecule has 1 fully saturated rings. The maximum atomic E-state index is 11.6. The predicted molar refractivity (Wildman–Crippen MR) is 112 cm³/mol. The van der Waals surface area contributed by atoms with Crippen LogP contribution < -0.4 is 9.47 Å². The fraction of sp³-hybridized carbons (Fsp3) is 0.625. The number of hydrogen-bond donors (Lipinski definition) is 1. The average molecular weight is 414 g/mol. The first kappa shape index (κ1) is 20.0. The maximum Gasteiger partial charge on any atom is 0.308 e. The van der Waals surface area contributed by atoms with Crippen molar-refractivity contribution >= 4 is 5.97 Å². The van der Waals surface area contributed by atoms with Crippen molar-refractivity contribution < 1.29 is 24.1 Å². The number of piperidine rings is 1. The Kier molecular flexibility index (Phi) is 5.12. The average Bonchev–Trinajstić information content (AvgIpc) is 3.52. The highest BCUT2D eigenvalue weighted by Gasteiger charge is 2.56. The van der Waals surface area contributed by atoms with Crippen LogP contribution in [0.5, 0.6) is 17.2 Å². The number of benzene rings is 1. The van der Waals surface area contributed by atoms with E-state index in [-0.39, 0.29) is 24.1 Å². The molecule has 0 amide bonds. The summed E-state index contributed by atoms with van der Waals surface area (Å²) in [5.74, 6) is 2.35. The van der Waals surface area contributed by atoms with Crippen LogP contribution in [-0.2, 0) is 21.4 Å². The quantitative estimate of drug-likeness (QED) is 0.247. The third-order valence-corrected chi connectivity index (χ3v) is 7.43. The molecule has 0 saturated carbocycles. The molecule has 162 valence electrons. The van der Waals surface area contributed by atoms with Crippen molar-refractivity contribution in [3.05, 3.63) is 29.3 Å². The molecule has 1 aromatic rings. The predicted octanol–water partition coefficient (Wildman–Crippen LogP) is 3.34. The van der Waals surface area contributed by atoms with E-state index in [0.717, 1.165) is 63.2 Å². The molecule has 1 N–H and O–H groups in total. The number of rotatable bonds is 7. The van der Waals surface area contributed by atoms with Gasteiger partial charge in [-0.3, -0.25) is 4.79 Å². The van der Waals surface area contributed by atoms with Gasteiger partial charge in [-0.1, -0.05) is 12.2 Å². The summed E-state index contributed by atoms with van der Waals surface area (Å²) in [7, 11) is 2.23. The molecule has 2 bridgehead atoms. The van der Waals surface area contributed by atoms with Crippen LogP contribution in [0, 0.1) is 5.92 Å². The number of aliphatic hydroxyl groups is 1. The third-order valence-electron chi connectivity index (χ3n) is 7.43. The van der Waals surface area contributed by atoms with Crippen LogP contribution in [0.25, 0.3) is 0 Å². The molecule has 4 aliphatic rings. The van der Waals surface area contributed by atoms with Gasteiger partial charge >= 0.3 is 5.97 Å². The number of carbonyl (C=O) groups excluding carboxylic acids is 1. The first-order chi connectivity index (χ1) is 14.5. The van der Waals surface area contributed by atoms with Crippen LogP contribution >= 0.6 is 0 Å². The molecule has 30 heavy (non-hydrogen) atoms. The molecule has 4 atom stereocenters. The van der Waals surface area contributed by atoms with Gasteiger partial charge in [0.2, 0.25) is 5.75 Å². The van der Waals surface area contributed by atoms with Crippen molar-refractivity contribution in [1.29, 1.82) is 0 Å². The first-order valence-corrected chi connectivity index (χ1v) is 11.2. The maximum absolute atomic E-state index is 11.6. The number of likely N-dealkylation sites (tertiary alicyclic amines) is 1. The monoisotopic (exact) mass is 413 g/mol. The largest absolute Gasteiger partial charge is 0.445 e. The number of nitrogens with zero attached hydrogens (tertiary/aromatic N) is 1. The lowest BCUT2D eigenvalue weighted by molar-refractivity contribution is -0.131. The third kappa shape index (κ3) is 3.26. The van der Waals surface area contributed by atoms with E-state index in [2.05, 4.69) is 30.2 Å². The Labute approximate surface area is 177 Å². The molecular weight excluding hydrogens is 382 g/mol. The molecule has 5 rings (SSSR count). The number of aliphatic hydroxyl groups excluding tert-OH is 1. The summed E-state index contributed by atoms with van der Waals surface area (Å²) >= 11 is 0. The summed E-state index contributed by atoms with van der Waals surface area (Å²) in [6.07, 6.45) is 10.5. The molecule has 1 saturated heterocycles. The van der Waals surface area contributed by atoms with Crippen LogP contribution in [0.3, 0.4) is 0 Å². The Morgan fingerprint density at radius 2 is 2.17 bits per heavy atom. The van der Waals surface area contributed by atoms with Gasteiger partial charge in [0, 0.05) is 43.1 Å². The first-order valence-electron chi connectivity index (χ1n) is 11.2. The van der Waals surface area contributed by atoms with Gasteiger partial charge in [-0.2, -0.15) is 0 Å². The second-order valence-electron chi connectivity index (χ2n) is 9.22. The van der Waals surface area contributed by atoms with E-state index in [1.807, 2.05) is 0 Å². The summed E-state index contributed by atoms with van der Waals surface area (Å²) in [5, 5.41) is 8.96. The zero-order valence-corrected chi connectivity index (χ0v) is 17.9. The van der Waals surface area contributed by atoms with Crippen molar-refractivity contribution in [2.75, 3.05) is 26.8 Å². The normalized spacial score (nSPS) is 30.7. The number of hydrogen-bond acceptors (Lipinski definition) is 6. The van der Waals surface area contributed by atoms with Crippen molar-refractivity contribution in [1.82, 2.24) is 4.90 Å². The second-order valence-corrected chi connectivity index (χ2v) is 9.22. The van der Waals surface area contributed by atoms with Crippen molar-refractivity contribution in [2.24, 2.45) is 5.92 Å². The van der Waals surface area contributed by atoms with Gasteiger partial charge in [0.05, 0.1) is 6.10 Å². The number of unbranched alkanes of at least 4 members (excludes halogenated alkanes) is 2. The number of esters is 1. The Morgan fingerprint density at radius 3 is 2.97 bits per heavy atom. The highest BCUT2D eigenvalue weighted by atomic mass is 16.6. The molecule has 2 aliphatic carbocycles. The van der Waals surface area contributed by atoms with Gasteiger partial charge in [0.1, 0.15) is 0 Å². The highest BCUT2D eigenvalue weighted by molar-refractivity contribution is 5.77. The van der Waals surface area contributed by atoms with Gasteiger partial charge in [0.15, 0.2) is 11.5 Å². The highest BCUT2D eigenvalue weighted by Crippen LogP contribution is 2.63. The molecule has 6 nitrogen and oxygen atoms in total. The standard InChI is InChI=1S/C24H31NO5/c1-15(27)29-21-13-19-17(22-23(21)30-22)12-20-18-7-6-16(28-11-5-3-4-10-26)14-24(18,19)8-9-25(20)2/h6-7,13,16,18,20,26H,3-5,8-12,14H2,1-2H3/t16-,18-,20+,24-/m0/s1. The summed E-state index contributed by atoms with van der Waals surface area (Å²) in [6.45, 7) is 3.46. The molecule has 1 aromatic carbocycles. The van der Waals surface area contributed by atoms with Crippen LogP contribution in [0.1, 0.15) is 50.2 Å². The van der Waals surface area contributed by atoms with Gasteiger partial charge in [-0.15, -0.1) is 0 Å². The van der Waals surface area contributed by atoms with Crippen LogP contribution in [-0.4, -0.2) is 54.9 Å². The fourth-order valence-electron chi connectivity index (χ4n) is 5.95. The van der Waals surface area contributed by atoms with Crippen LogP contribution in [0.15, 0.2) is 18.2 Å². The fourth-order valence-corrected chi connectivity index (χ4v) is 5.95. The molecule has 6 heteroatoms. The minimum atomic E-state index is -0.314. The van der Waals surface area contributed by atoms with E-state index >= 15 is 0 Å². The summed E-state index contributed by atoms with van der Waals surface area (Å²) in [4.78, 5) is 14.1. The van der Waals surface area contributed by atoms with Crippen molar-refractivity contribution in [2.45, 2.75) is 63.0 Å². The number of ether oxygens (including phenoxy) is 3. The summed E-state index contributed by atoms with van der Waals surface area (Å²) < 4.78 is 17.5. The van der Waals surface area contributed by atoms with E-state index in [0.29, 0.717) is 17.7 Å². The number of carbonyl (C=O) groups is 1. The van der Waals surface area contributed by atoms with Crippen molar-refractivity contribution in [3.63, 3.8) is 0 Å². The molecule has 2 heterocycles. The van der Waals surface area contributed by atoms with E-state index in [9.17, 15) is 4.79 Å². The smallest absolute Gasteiger partial charge is 0.308 e. The second kappa shape index (κ2) is 7.66. The molecule has 2 aliphatic heterocycles. The Balaban J connectivity index is 1.46. The van der Waals surface area contributed by atoms with Crippen LogP contribution in [0.4, 0.5) is 0 Å². The van der Waals surface area contributed by atoms with E-state index in [1.54, 1.807) is 0 Å². The van der Waals surface area contributed by atoms with Crippen molar-refractivity contribution in [3.8, 4) is 17.2 Å². The summed E-state index contributed by atoms with van der Waals surface area (Å²) in [5.41, 5.74) is 2.58. The lowest BCUT2D eigenvalue weighted by Crippen LogP contribution is -2.60. The van der Waals surface area contributed by atoms with E-state index < -0.39 is 0 Å².